The molecule has 0 radical (unpaired) electrons. The van der Waals surface area contributed by atoms with E-state index in [0.717, 1.165) is 48.4 Å². The predicted octanol–water partition coefficient (Wildman–Crippen LogP) is 3.30. The van der Waals surface area contributed by atoms with Gasteiger partial charge in [-0.25, -0.2) is 0 Å². The van der Waals surface area contributed by atoms with Gasteiger partial charge >= 0.3 is 0 Å². The zero-order chi connectivity index (χ0) is 23.6. The third kappa shape index (κ3) is 7.78. The van der Waals surface area contributed by atoms with E-state index in [2.05, 4.69) is 39.0 Å². The van der Waals surface area contributed by atoms with E-state index in [1.807, 2.05) is 25.1 Å². The maximum absolute atomic E-state index is 13.2. The fourth-order valence-electron chi connectivity index (χ4n) is 3.70. The quantitative estimate of drug-likeness (QED) is 0.668. The third-order valence-corrected chi connectivity index (χ3v) is 6.53. The van der Waals surface area contributed by atoms with Crippen LogP contribution in [0.2, 0.25) is 0 Å². The van der Waals surface area contributed by atoms with Gasteiger partial charge in [-0.1, -0.05) is 24.4 Å². The second-order valence-corrected chi connectivity index (χ2v) is 9.74. The summed E-state index contributed by atoms with van der Waals surface area (Å²) in [7, 11) is 0. The molecule has 180 valence electrons. The van der Waals surface area contributed by atoms with Crippen molar-refractivity contribution in [1.29, 1.82) is 0 Å². The average Bonchev–Trinajstić information content (AvgIpc) is 3.20. The molecule has 2 aromatic rings. The number of ether oxygens (including phenoxy) is 1. The summed E-state index contributed by atoms with van der Waals surface area (Å²) in [5, 5.41) is 10.0. The highest BCUT2D eigenvalue weighted by atomic mass is 32.1. The molecule has 2 heterocycles. The summed E-state index contributed by atoms with van der Waals surface area (Å²) in [6.45, 7) is 9.43. The number of fused-ring (bicyclic) bond motifs is 1. The Morgan fingerprint density at radius 1 is 1.27 bits per heavy atom. The van der Waals surface area contributed by atoms with Crippen LogP contribution in [-0.4, -0.2) is 52.5 Å². The second-order valence-electron chi connectivity index (χ2n) is 8.90. The number of rotatable bonds is 6. The van der Waals surface area contributed by atoms with Crippen molar-refractivity contribution >= 4 is 23.3 Å². The van der Waals surface area contributed by atoms with Crippen LogP contribution < -0.4 is 15.4 Å². The van der Waals surface area contributed by atoms with Crippen LogP contribution in [0.15, 0.2) is 18.2 Å². The molecular formula is C24H35N5O3S. The molecule has 0 atom stereocenters. The number of hydrogen-bond acceptors (Lipinski definition) is 7. The molecule has 0 aliphatic carbocycles. The minimum Gasteiger partial charge on any atom is -0.493 e. The Kier molecular flexibility index (Phi) is 9.62. The molecule has 33 heavy (non-hydrogen) atoms. The minimum atomic E-state index is -0.166. The lowest BCUT2D eigenvalue weighted by molar-refractivity contribution is -0.122. The Morgan fingerprint density at radius 2 is 2.12 bits per heavy atom. The maximum Gasteiger partial charge on any atom is 0.252 e. The highest BCUT2D eigenvalue weighted by Gasteiger charge is 2.21. The molecule has 9 heteroatoms. The molecule has 0 saturated heterocycles. The molecule has 0 fully saturated rings. The average molecular weight is 474 g/mol. The van der Waals surface area contributed by atoms with Crippen LogP contribution in [0.5, 0.6) is 5.75 Å². The standard InChI is InChI=1S/C24H35N5O3S/c1-17(2)10-12-29-15-20-19(24(31)26-14-22-18(3)27-28-33-22)8-7-9-21(20)32-13-6-4-5-11-25-23(30)16-29/h7-9,17H,4-6,10-16H2,1-3H3,(H,25,30)(H,26,31). The molecule has 8 nitrogen and oxygen atoms in total. The first-order chi connectivity index (χ1) is 15.9. The van der Waals surface area contributed by atoms with Crippen molar-refractivity contribution in [3.05, 3.63) is 39.9 Å². The van der Waals surface area contributed by atoms with Gasteiger partial charge in [-0.2, -0.15) is 0 Å². The number of carbonyl (C=O) groups excluding carboxylic acids is 2. The van der Waals surface area contributed by atoms with Crippen LogP contribution in [0, 0.1) is 12.8 Å². The van der Waals surface area contributed by atoms with Gasteiger partial charge in [0.1, 0.15) is 5.75 Å². The first-order valence-electron chi connectivity index (χ1n) is 11.7. The van der Waals surface area contributed by atoms with Crippen molar-refractivity contribution in [2.75, 3.05) is 26.2 Å². The van der Waals surface area contributed by atoms with E-state index in [4.69, 9.17) is 4.74 Å². The number of aromatic nitrogens is 2. The predicted molar refractivity (Wildman–Crippen MR) is 129 cm³/mol. The van der Waals surface area contributed by atoms with E-state index in [-0.39, 0.29) is 11.8 Å². The van der Waals surface area contributed by atoms with Crippen LogP contribution in [-0.2, 0) is 17.9 Å². The first kappa shape index (κ1) is 25.1. The van der Waals surface area contributed by atoms with Crippen molar-refractivity contribution < 1.29 is 14.3 Å². The second kappa shape index (κ2) is 12.6. The summed E-state index contributed by atoms with van der Waals surface area (Å²) in [5.74, 6) is 1.09. The fourth-order valence-corrected chi connectivity index (χ4v) is 4.27. The van der Waals surface area contributed by atoms with Gasteiger partial charge in [-0.05, 0) is 68.7 Å². The molecule has 0 saturated carbocycles. The van der Waals surface area contributed by atoms with Gasteiger partial charge in [-0.3, -0.25) is 14.5 Å². The highest BCUT2D eigenvalue weighted by Crippen LogP contribution is 2.26. The zero-order valence-corrected chi connectivity index (χ0v) is 20.7. The van der Waals surface area contributed by atoms with Gasteiger partial charge in [0.05, 0.1) is 30.3 Å². The van der Waals surface area contributed by atoms with Crippen LogP contribution in [0.4, 0.5) is 0 Å². The lowest BCUT2D eigenvalue weighted by Gasteiger charge is -2.25. The Balaban J connectivity index is 1.86. The van der Waals surface area contributed by atoms with Gasteiger partial charge in [0.25, 0.3) is 5.91 Å². The number of carbonyl (C=O) groups is 2. The summed E-state index contributed by atoms with van der Waals surface area (Å²) in [6, 6.07) is 5.61. The Labute approximate surface area is 200 Å². The van der Waals surface area contributed by atoms with E-state index < -0.39 is 0 Å². The summed E-state index contributed by atoms with van der Waals surface area (Å²) < 4.78 is 10.1. The van der Waals surface area contributed by atoms with Crippen LogP contribution in [0.25, 0.3) is 0 Å². The zero-order valence-electron chi connectivity index (χ0n) is 19.9. The molecular weight excluding hydrogens is 438 g/mol. The smallest absolute Gasteiger partial charge is 0.252 e. The number of aryl methyl sites for hydroxylation is 1. The van der Waals surface area contributed by atoms with Gasteiger partial charge in [0, 0.05) is 24.2 Å². The molecule has 2 amide bonds. The van der Waals surface area contributed by atoms with E-state index in [9.17, 15) is 9.59 Å². The largest absolute Gasteiger partial charge is 0.493 e. The Morgan fingerprint density at radius 3 is 2.88 bits per heavy atom. The summed E-state index contributed by atoms with van der Waals surface area (Å²) in [5.41, 5.74) is 2.23. The van der Waals surface area contributed by atoms with Crippen LogP contribution in [0.1, 0.15) is 66.0 Å². The van der Waals surface area contributed by atoms with E-state index >= 15 is 0 Å². The van der Waals surface area contributed by atoms with Crippen molar-refractivity contribution in [3.8, 4) is 5.75 Å². The van der Waals surface area contributed by atoms with Crippen LogP contribution in [0.3, 0.4) is 0 Å². The molecule has 0 bridgehead atoms. The number of benzene rings is 1. The summed E-state index contributed by atoms with van der Waals surface area (Å²) >= 11 is 1.29. The molecule has 1 aliphatic heterocycles. The van der Waals surface area contributed by atoms with E-state index in [0.29, 0.717) is 50.0 Å². The van der Waals surface area contributed by atoms with Gasteiger partial charge < -0.3 is 15.4 Å². The molecule has 2 N–H and O–H groups in total. The van der Waals surface area contributed by atoms with Crippen molar-refractivity contribution in [2.45, 2.75) is 59.5 Å². The molecule has 0 spiro atoms. The molecule has 1 aliphatic rings. The van der Waals surface area contributed by atoms with E-state index in [1.165, 1.54) is 11.5 Å². The van der Waals surface area contributed by atoms with Gasteiger partial charge in [0.2, 0.25) is 5.91 Å². The van der Waals surface area contributed by atoms with E-state index in [1.54, 1.807) is 0 Å². The highest BCUT2D eigenvalue weighted by molar-refractivity contribution is 7.05. The number of nitrogens with zero attached hydrogens (tertiary/aromatic N) is 3. The van der Waals surface area contributed by atoms with Crippen molar-refractivity contribution in [3.63, 3.8) is 0 Å². The first-order valence-corrected chi connectivity index (χ1v) is 12.5. The molecule has 0 unspecified atom stereocenters. The molecule has 1 aromatic heterocycles. The monoisotopic (exact) mass is 473 g/mol. The lowest BCUT2D eigenvalue weighted by atomic mass is 10.0. The normalized spacial score (nSPS) is 16.1. The summed E-state index contributed by atoms with van der Waals surface area (Å²) in [4.78, 5) is 28.8. The van der Waals surface area contributed by atoms with Gasteiger partial charge in [-0.15, -0.1) is 5.10 Å². The SMILES string of the molecule is Cc1nnsc1CNC(=O)c1cccc2c1CN(CCC(C)C)CC(=O)NCCCCCO2. The Hall–Kier alpha value is -2.52. The number of nitrogens with one attached hydrogen (secondary N) is 2. The summed E-state index contributed by atoms with van der Waals surface area (Å²) in [6.07, 6.45) is 3.78. The van der Waals surface area contributed by atoms with Gasteiger partial charge in [0.15, 0.2) is 0 Å². The third-order valence-electron chi connectivity index (χ3n) is 5.71. The van der Waals surface area contributed by atoms with Crippen LogP contribution >= 0.6 is 11.5 Å². The molecule has 1 aromatic carbocycles. The fraction of sp³-hybridized carbons (Fsp3) is 0.583. The number of amides is 2. The van der Waals surface area contributed by atoms with Crippen molar-refractivity contribution in [2.24, 2.45) is 5.92 Å². The van der Waals surface area contributed by atoms with Crippen molar-refractivity contribution in [1.82, 2.24) is 25.1 Å². The minimum absolute atomic E-state index is 0.0237. The number of hydrogen-bond donors (Lipinski definition) is 2. The Bertz CT molecular complexity index is 931. The maximum atomic E-state index is 13.2. The lowest BCUT2D eigenvalue weighted by Crippen LogP contribution is -2.38. The topological polar surface area (TPSA) is 96.5 Å². The molecule has 3 rings (SSSR count).